The molecule has 0 radical (unpaired) electrons. The van der Waals surface area contributed by atoms with Gasteiger partial charge in [-0.15, -0.1) is 0 Å². The van der Waals surface area contributed by atoms with Crippen LogP contribution in [0.3, 0.4) is 0 Å². The van der Waals surface area contributed by atoms with E-state index >= 15 is 0 Å². The van der Waals surface area contributed by atoms with Crippen molar-refractivity contribution in [2.24, 2.45) is 0 Å². The molecule has 0 spiro atoms. The van der Waals surface area contributed by atoms with Gasteiger partial charge in [0.15, 0.2) is 0 Å². The van der Waals surface area contributed by atoms with Gasteiger partial charge in [-0.25, -0.2) is 0 Å². The van der Waals surface area contributed by atoms with Crippen LogP contribution >= 0.6 is 0 Å². The number of para-hydroxylation sites is 1. The van der Waals surface area contributed by atoms with Gasteiger partial charge in [0.05, 0.1) is 6.10 Å². The zero-order valence-corrected chi connectivity index (χ0v) is 19.6. The molecule has 0 bridgehead atoms. The fourth-order valence-corrected chi connectivity index (χ4v) is 5.54. The summed E-state index contributed by atoms with van der Waals surface area (Å²) in [4.78, 5) is 20.4. The highest BCUT2D eigenvalue weighted by molar-refractivity contribution is 5.94. The summed E-state index contributed by atoms with van der Waals surface area (Å²) >= 11 is 0. The zero-order chi connectivity index (χ0) is 23.4. The second-order valence-corrected chi connectivity index (χ2v) is 9.42. The van der Waals surface area contributed by atoms with E-state index in [0.717, 1.165) is 43.7 Å². The van der Waals surface area contributed by atoms with E-state index in [-0.39, 0.29) is 5.91 Å². The Kier molecular flexibility index (Phi) is 6.66. The molecule has 2 saturated heterocycles. The Morgan fingerprint density at radius 2 is 1.24 bits per heavy atom. The number of carbonyl (C=O) groups is 1. The minimum Gasteiger partial charge on any atom is -0.390 e. The van der Waals surface area contributed by atoms with E-state index in [2.05, 4.69) is 58.3 Å². The summed E-state index contributed by atoms with van der Waals surface area (Å²) in [5, 5.41) is 10.9. The summed E-state index contributed by atoms with van der Waals surface area (Å²) in [6.07, 6.45) is 0.164. The van der Waals surface area contributed by atoms with Crippen LogP contribution in [0, 0.1) is 0 Å². The lowest BCUT2D eigenvalue weighted by atomic mass is 9.73. The zero-order valence-electron chi connectivity index (χ0n) is 19.6. The number of aliphatic hydroxyl groups is 1. The van der Waals surface area contributed by atoms with Gasteiger partial charge in [-0.3, -0.25) is 9.69 Å². The molecule has 0 aromatic heterocycles. The summed E-state index contributed by atoms with van der Waals surface area (Å²) in [6.45, 7) is 5.35. The van der Waals surface area contributed by atoms with Crippen molar-refractivity contribution >= 4 is 11.6 Å². The van der Waals surface area contributed by atoms with Crippen molar-refractivity contribution in [1.82, 2.24) is 9.80 Å². The fraction of sp³-hybridized carbons (Fsp3) is 0.345. The van der Waals surface area contributed by atoms with Gasteiger partial charge in [0.1, 0.15) is 5.41 Å². The molecule has 1 N–H and O–H groups in total. The summed E-state index contributed by atoms with van der Waals surface area (Å²) in [6, 6.07) is 30.7. The SMILES string of the molecule is O=C1N(CC(O)CN2CCN(c3ccccc3)CC2)CCC1(c1ccccc1)c1ccccc1. The molecule has 2 heterocycles. The quantitative estimate of drug-likeness (QED) is 0.593. The predicted octanol–water partition coefficient (Wildman–Crippen LogP) is 3.39. The fourth-order valence-electron chi connectivity index (χ4n) is 5.54. The van der Waals surface area contributed by atoms with Crippen molar-refractivity contribution in [3.05, 3.63) is 102 Å². The maximum atomic E-state index is 13.9. The summed E-state index contributed by atoms with van der Waals surface area (Å²) in [5.74, 6) is 0.0952. The van der Waals surface area contributed by atoms with E-state index < -0.39 is 11.5 Å². The second-order valence-electron chi connectivity index (χ2n) is 9.42. The Labute approximate surface area is 202 Å². The highest BCUT2D eigenvalue weighted by Gasteiger charge is 2.49. The molecule has 3 aromatic rings. The number of likely N-dealkylation sites (tertiary alicyclic amines) is 1. The molecule has 2 aliphatic rings. The Bertz CT molecular complexity index is 1030. The van der Waals surface area contributed by atoms with Gasteiger partial charge in [0.2, 0.25) is 5.91 Å². The van der Waals surface area contributed by atoms with E-state index in [0.29, 0.717) is 19.6 Å². The molecule has 1 amide bonds. The average molecular weight is 456 g/mol. The van der Waals surface area contributed by atoms with Crippen molar-refractivity contribution in [2.45, 2.75) is 17.9 Å². The number of β-amino-alcohol motifs (C(OH)–C–C–N with tert-alkyl or cyclic N) is 1. The first kappa shape index (κ1) is 22.6. The van der Waals surface area contributed by atoms with Crippen LogP contribution in [0.1, 0.15) is 17.5 Å². The molecular weight excluding hydrogens is 422 g/mol. The van der Waals surface area contributed by atoms with E-state index in [1.807, 2.05) is 47.4 Å². The van der Waals surface area contributed by atoms with E-state index in [1.165, 1.54) is 5.69 Å². The number of piperazine rings is 1. The number of anilines is 1. The normalized spacial score (nSPS) is 19.4. The van der Waals surface area contributed by atoms with Gasteiger partial charge in [0.25, 0.3) is 0 Å². The lowest BCUT2D eigenvalue weighted by Gasteiger charge is -2.37. The number of aliphatic hydroxyl groups excluding tert-OH is 1. The van der Waals surface area contributed by atoms with Crippen molar-refractivity contribution < 1.29 is 9.90 Å². The van der Waals surface area contributed by atoms with Crippen LogP contribution < -0.4 is 4.90 Å². The first-order valence-electron chi connectivity index (χ1n) is 12.3. The Morgan fingerprint density at radius 1 is 0.706 bits per heavy atom. The van der Waals surface area contributed by atoms with Crippen LogP contribution in [0.2, 0.25) is 0 Å². The molecule has 3 aromatic carbocycles. The minimum absolute atomic E-state index is 0.0952. The summed E-state index contributed by atoms with van der Waals surface area (Å²) in [7, 11) is 0. The third-order valence-electron chi connectivity index (χ3n) is 7.34. The number of nitrogens with zero attached hydrogens (tertiary/aromatic N) is 3. The van der Waals surface area contributed by atoms with Crippen molar-refractivity contribution in [2.75, 3.05) is 50.7 Å². The van der Waals surface area contributed by atoms with E-state index in [9.17, 15) is 9.90 Å². The number of benzene rings is 3. The smallest absolute Gasteiger partial charge is 0.237 e. The minimum atomic E-state index is -0.677. The largest absolute Gasteiger partial charge is 0.390 e. The third-order valence-corrected chi connectivity index (χ3v) is 7.34. The molecule has 2 aliphatic heterocycles. The highest BCUT2D eigenvalue weighted by atomic mass is 16.3. The maximum absolute atomic E-state index is 13.9. The third kappa shape index (κ3) is 4.46. The Balaban J connectivity index is 1.23. The van der Waals surface area contributed by atoms with Crippen LogP contribution in [0.4, 0.5) is 5.69 Å². The van der Waals surface area contributed by atoms with Crippen LogP contribution in [0.25, 0.3) is 0 Å². The van der Waals surface area contributed by atoms with Crippen LogP contribution in [-0.4, -0.2) is 72.7 Å². The molecule has 1 atom stereocenters. The molecular formula is C29H33N3O2. The van der Waals surface area contributed by atoms with Crippen LogP contribution in [0.5, 0.6) is 0 Å². The van der Waals surface area contributed by atoms with E-state index in [4.69, 9.17) is 0 Å². The molecule has 5 rings (SSSR count). The number of carbonyl (C=O) groups excluding carboxylic acids is 1. The van der Waals surface area contributed by atoms with E-state index in [1.54, 1.807) is 0 Å². The lowest BCUT2D eigenvalue weighted by molar-refractivity contribution is -0.132. The topological polar surface area (TPSA) is 47.0 Å². The Hall–Kier alpha value is -3.15. The Morgan fingerprint density at radius 3 is 1.79 bits per heavy atom. The van der Waals surface area contributed by atoms with Gasteiger partial charge in [-0.1, -0.05) is 78.9 Å². The second kappa shape index (κ2) is 10.00. The summed E-state index contributed by atoms with van der Waals surface area (Å²) in [5.41, 5.74) is 2.63. The summed E-state index contributed by atoms with van der Waals surface area (Å²) < 4.78 is 0. The number of hydrogen-bond acceptors (Lipinski definition) is 4. The average Bonchev–Trinajstić information content (AvgIpc) is 3.22. The predicted molar refractivity (Wildman–Crippen MR) is 136 cm³/mol. The number of amides is 1. The first-order valence-corrected chi connectivity index (χ1v) is 12.3. The molecule has 2 fully saturated rings. The molecule has 5 nitrogen and oxygen atoms in total. The molecule has 34 heavy (non-hydrogen) atoms. The molecule has 0 aliphatic carbocycles. The molecule has 176 valence electrons. The van der Waals surface area contributed by atoms with Gasteiger partial charge in [-0.05, 0) is 29.7 Å². The van der Waals surface area contributed by atoms with Crippen LogP contribution in [0.15, 0.2) is 91.0 Å². The molecule has 0 saturated carbocycles. The maximum Gasteiger partial charge on any atom is 0.237 e. The van der Waals surface area contributed by atoms with Gasteiger partial charge >= 0.3 is 0 Å². The van der Waals surface area contributed by atoms with Crippen molar-refractivity contribution in [1.29, 1.82) is 0 Å². The molecule has 1 unspecified atom stereocenters. The van der Waals surface area contributed by atoms with Gasteiger partial charge < -0.3 is 14.9 Å². The standard InChI is InChI=1S/C29H33N3O2/c33-27(22-30-18-20-31(21-19-30)26-14-8-3-9-15-26)23-32-17-16-29(28(32)34,24-10-4-1-5-11-24)25-12-6-2-7-13-25/h1-15,27,33H,16-23H2. The van der Waals surface area contributed by atoms with Gasteiger partial charge in [0, 0.05) is 51.5 Å². The lowest BCUT2D eigenvalue weighted by Crippen LogP contribution is -2.50. The number of rotatable bonds is 7. The highest BCUT2D eigenvalue weighted by Crippen LogP contribution is 2.42. The van der Waals surface area contributed by atoms with Gasteiger partial charge in [-0.2, -0.15) is 0 Å². The monoisotopic (exact) mass is 455 g/mol. The van der Waals surface area contributed by atoms with Crippen molar-refractivity contribution in [3.63, 3.8) is 0 Å². The first-order chi connectivity index (χ1) is 16.7. The number of hydrogen-bond donors (Lipinski definition) is 1. The van der Waals surface area contributed by atoms with Crippen molar-refractivity contribution in [3.8, 4) is 0 Å². The van der Waals surface area contributed by atoms with Crippen LogP contribution in [-0.2, 0) is 10.2 Å². The molecule has 5 heteroatoms.